The summed E-state index contributed by atoms with van der Waals surface area (Å²) >= 11 is 0. The van der Waals surface area contributed by atoms with Gasteiger partial charge in [0.15, 0.2) is 0 Å². The number of nitrogens with zero attached hydrogens (tertiary/aromatic N) is 2. The molecule has 0 unspecified atom stereocenters. The summed E-state index contributed by atoms with van der Waals surface area (Å²) in [6.45, 7) is 24.0. The molecular formula is C74H108N2O7. The van der Waals surface area contributed by atoms with E-state index in [-0.39, 0.29) is 67.1 Å². The first-order valence-electron chi connectivity index (χ1n) is 33.7. The molecule has 1 N–H and O–H groups in total. The van der Waals surface area contributed by atoms with E-state index in [1.54, 1.807) is 16.7 Å². The Morgan fingerprint density at radius 3 is 1.45 bits per heavy atom. The van der Waals surface area contributed by atoms with Crippen molar-refractivity contribution in [2.24, 2.45) is 87.8 Å². The summed E-state index contributed by atoms with van der Waals surface area (Å²) in [4.78, 5) is 31.1. The zero-order chi connectivity index (χ0) is 57.0. The quantitative estimate of drug-likeness (QED) is 0.305. The van der Waals surface area contributed by atoms with E-state index in [0.29, 0.717) is 53.6 Å². The van der Waals surface area contributed by atoms with Crippen molar-refractivity contribution in [3.05, 3.63) is 94.1 Å². The molecule has 9 nitrogen and oxygen atoms in total. The summed E-state index contributed by atoms with van der Waals surface area (Å²) < 4.78 is 26.2. The molecule has 6 saturated carbocycles. The van der Waals surface area contributed by atoms with Crippen molar-refractivity contribution in [3.8, 4) is 0 Å². The Labute approximate surface area is 501 Å². The third-order valence-electron chi connectivity index (χ3n) is 26.6. The lowest BCUT2D eigenvalue weighted by molar-refractivity contribution is -0.0832. The van der Waals surface area contributed by atoms with Gasteiger partial charge in [0, 0.05) is 24.9 Å². The number of hydrogen-bond acceptors (Lipinski definition) is 7. The van der Waals surface area contributed by atoms with Crippen LogP contribution in [0.3, 0.4) is 0 Å². The number of benzene rings is 2. The molecule has 14 rings (SSSR count). The molecule has 12 aliphatic rings. The second-order valence-corrected chi connectivity index (χ2v) is 31.1. The zero-order valence-electron chi connectivity index (χ0n) is 51.9. The van der Waals surface area contributed by atoms with E-state index in [2.05, 4.69) is 67.2 Å². The lowest BCUT2D eigenvalue weighted by Crippen LogP contribution is -2.54. The van der Waals surface area contributed by atoms with Crippen LogP contribution in [0, 0.1) is 87.8 Å². The van der Waals surface area contributed by atoms with Crippen LogP contribution in [0.4, 0.5) is 9.59 Å². The average Bonchev–Trinajstić information content (AvgIpc) is 3.88. The molecule has 4 aliphatic heterocycles. The predicted octanol–water partition coefficient (Wildman–Crippen LogP) is 17.0. The Kier molecular flexibility index (Phi) is 16.6. The largest absolute Gasteiger partial charge is 0.445 e. The van der Waals surface area contributed by atoms with Crippen LogP contribution in [0.5, 0.6) is 0 Å². The zero-order valence-corrected chi connectivity index (χ0v) is 51.9. The molecule has 2 amide bonds. The van der Waals surface area contributed by atoms with Gasteiger partial charge in [-0.2, -0.15) is 0 Å². The maximum Gasteiger partial charge on any atom is 0.410 e. The second kappa shape index (κ2) is 23.1. The van der Waals surface area contributed by atoms with E-state index in [1.165, 1.54) is 77.0 Å². The van der Waals surface area contributed by atoms with Gasteiger partial charge in [0.2, 0.25) is 0 Å². The van der Waals surface area contributed by atoms with Gasteiger partial charge in [0.1, 0.15) is 13.2 Å². The van der Waals surface area contributed by atoms with E-state index in [0.717, 1.165) is 117 Å². The van der Waals surface area contributed by atoms with Crippen molar-refractivity contribution in [2.75, 3.05) is 13.1 Å². The summed E-state index contributed by atoms with van der Waals surface area (Å²) in [6, 6.07) is 20.2. The average molecular weight is 1140 g/mol. The number of likely N-dealkylation sites (tertiary alicyclic amines) is 2. The summed E-state index contributed by atoms with van der Waals surface area (Å²) in [5, 5.41) is 10.4. The Morgan fingerprint density at radius 2 is 0.988 bits per heavy atom. The maximum absolute atomic E-state index is 13.5. The number of carbonyl (C=O) groups is 2. The molecule has 22 atom stereocenters. The van der Waals surface area contributed by atoms with Gasteiger partial charge in [-0.05, 0) is 223 Å². The number of allylic oxidation sites excluding steroid dienone is 2. The molecule has 0 aromatic heterocycles. The van der Waals surface area contributed by atoms with Crippen molar-refractivity contribution in [1.29, 1.82) is 0 Å². The van der Waals surface area contributed by atoms with Gasteiger partial charge in [-0.3, -0.25) is 0 Å². The monoisotopic (exact) mass is 1140 g/mol. The van der Waals surface area contributed by atoms with Crippen LogP contribution in [0.1, 0.15) is 209 Å². The third kappa shape index (κ3) is 10.5. The fourth-order valence-corrected chi connectivity index (χ4v) is 22.3. The highest BCUT2D eigenvalue weighted by atomic mass is 16.6. The van der Waals surface area contributed by atoms with Crippen LogP contribution in [0.2, 0.25) is 0 Å². The normalized spacial score (nSPS) is 44.9. The predicted molar refractivity (Wildman–Crippen MR) is 330 cm³/mol. The number of amides is 2. The molecular weight excluding hydrogens is 1030 g/mol. The number of carbonyl (C=O) groups excluding carboxylic acids is 2. The second-order valence-electron chi connectivity index (χ2n) is 31.1. The number of aliphatic hydroxyl groups excluding tert-OH is 1. The molecule has 2 spiro atoms. The minimum Gasteiger partial charge on any atom is -0.445 e. The maximum atomic E-state index is 13.5. The van der Waals surface area contributed by atoms with Crippen LogP contribution in [-0.2, 0) is 32.2 Å². The molecule has 456 valence electrons. The Morgan fingerprint density at radius 1 is 0.554 bits per heavy atom. The lowest BCUT2D eigenvalue weighted by Gasteiger charge is -2.54. The van der Waals surface area contributed by atoms with Gasteiger partial charge < -0.3 is 33.9 Å². The molecule has 2 aromatic rings. The van der Waals surface area contributed by atoms with E-state index < -0.39 is 0 Å². The van der Waals surface area contributed by atoms with E-state index >= 15 is 0 Å². The molecule has 10 fully saturated rings. The first-order valence-corrected chi connectivity index (χ1v) is 33.7. The number of aliphatic hydroxyl groups is 1. The minimum absolute atomic E-state index is 0. The molecule has 4 heterocycles. The number of fused-ring (bicyclic) bond motifs is 12. The van der Waals surface area contributed by atoms with Crippen molar-refractivity contribution in [3.63, 3.8) is 0 Å². The van der Waals surface area contributed by atoms with E-state index in [9.17, 15) is 14.7 Å². The molecule has 8 aliphatic carbocycles. The molecule has 2 aromatic carbocycles. The smallest absolute Gasteiger partial charge is 0.410 e. The molecule has 4 saturated heterocycles. The number of ether oxygens (including phenoxy) is 4. The van der Waals surface area contributed by atoms with Crippen molar-refractivity contribution in [1.82, 2.24) is 9.80 Å². The van der Waals surface area contributed by atoms with Crippen LogP contribution in [-0.4, -0.2) is 81.8 Å². The number of piperidine rings is 2. The fourth-order valence-electron chi connectivity index (χ4n) is 22.3. The summed E-state index contributed by atoms with van der Waals surface area (Å²) in [5.41, 5.74) is 9.43. The van der Waals surface area contributed by atoms with E-state index in [1.807, 2.05) is 71.1 Å². The first-order chi connectivity index (χ1) is 39.4. The van der Waals surface area contributed by atoms with Crippen molar-refractivity contribution in [2.45, 2.75) is 253 Å². The van der Waals surface area contributed by atoms with Crippen LogP contribution < -0.4 is 0 Å². The van der Waals surface area contributed by atoms with Gasteiger partial charge in [-0.15, -0.1) is 0 Å². The summed E-state index contributed by atoms with van der Waals surface area (Å²) in [7, 11) is 0. The first kappa shape index (κ1) is 59.7. The van der Waals surface area contributed by atoms with Crippen molar-refractivity contribution < 1.29 is 33.6 Å². The van der Waals surface area contributed by atoms with Gasteiger partial charge in [-0.25, -0.2) is 9.59 Å². The van der Waals surface area contributed by atoms with Gasteiger partial charge >= 0.3 is 12.2 Å². The molecule has 83 heavy (non-hydrogen) atoms. The molecule has 0 bridgehead atoms. The Hall–Kier alpha value is -3.66. The fraction of sp³-hybridized carbons (Fsp3) is 0.757. The van der Waals surface area contributed by atoms with Gasteiger partial charge in [0.25, 0.3) is 0 Å². The minimum atomic E-state index is -0.190. The SMILES string of the molecule is C.CC1=C2C[C@H]3[C@@H](CC[C@@H]4C[C@H](C)CC[C@@]43C)[C@@H]2CC[C@@]2(C1)O[C@@H]1C[C@H](C)CN(C(=O)OCc3ccccc3)[C@H]1[C@H]2C.CC1=C2C[C@H]3[C@@H](CC[C@@H]4C[C@H](O)CC[C@@]43C)[C@@H]2CC[C@@]2(C1)O[C@@H]1C[C@H](C)CN(C(=O)OCc3ccccc3)[C@H]1[C@H]2C. The summed E-state index contributed by atoms with van der Waals surface area (Å²) in [6.07, 6.45) is 24.2. The van der Waals surface area contributed by atoms with Gasteiger partial charge in [0.05, 0.1) is 41.6 Å². The Balaban J connectivity index is 0.000000162. The lowest BCUT2D eigenvalue weighted by atomic mass is 9.51. The molecule has 0 radical (unpaired) electrons. The van der Waals surface area contributed by atoms with Crippen LogP contribution in [0.15, 0.2) is 83.0 Å². The number of hydrogen-bond donors (Lipinski definition) is 1. The van der Waals surface area contributed by atoms with Crippen LogP contribution >= 0.6 is 0 Å². The van der Waals surface area contributed by atoms with Gasteiger partial charge in [-0.1, -0.05) is 145 Å². The van der Waals surface area contributed by atoms with Crippen LogP contribution in [0.25, 0.3) is 0 Å². The topological polar surface area (TPSA) is 97.8 Å². The standard InChI is InChI=1S/C37H53NO3.C36H51NO4.CH4/c1-23-13-15-36(5)28(17-23)11-12-30-29-14-16-37(20-25(3)31(29)19-32(30)36)26(4)34-33(41-37)18-24(2)21-38(34)35(39)40-22-27-9-7-6-8-10-27;1-22-16-32-33(37(20-22)34(39)40-21-25-8-6-5-7-9-25)24(3)36(41-32)15-13-28-29-11-10-26-17-27(38)12-14-35(26,4)31(29)18-30(28)23(2)19-36;/h6-10,23-24,26,28-30,32-34H,11-22H2,1-5H3;5-9,22,24,26-29,31-33,38H,10-21H2,1-4H3;1H4/t23-,24+,26-,28-,29+,30+,32+,33-,34+,36+,37+;22-,24+,26+,27+,28-,29-,31-,32+,33-,35-,36-;/m10./s1. The highest BCUT2D eigenvalue weighted by Crippen LogP contribution is 2.68. The Bertz CT molecular complexity index is 2540. The molecule has 9 heteroatoms. The third-order valence-corrected chi connectivity index (χ3v) is 26.6. The van der Waals surface area contributed by atoms with E-state index in [4.69, 9.17) is 18.9 Å². The highest BCUT2D eigenvalue weighted by Gasteiger charge is 2.63. The highest BCUT2D eigenvalue weighted by molar-refractivity contribution is 5.69. The van der Waals surface area contributed by atoms with Crippen molar-refractivity contribution >= 4 is 12.2 Å². The summed E-state index contributed by atoms with van der Waals surface area (Å²) in [5.74, 6) is 8.72. The number of rotatable bonds is 4.